The standard InChI is InChI=1S/C9H10N2O2S/c1-5-4-14-9(10-5)6-2-7(12)11-8(13)3-6/h4,6H,2-3H2,1H3,(H,11,12,13). The van der Waals surface area contributed by atoms with Crippen LogP contribution >= 0.6 is 11.3 Å². The molecule has 1 aromatic rings. The Labute approximate surface area is 85.3 Å². The third-order valence-electron chi connectivity index (χ3n) is 2.13. The Morgan fingerprint density at radius 2 is 2.07 bits per heavy atom. The van der Waals surface area contributed by atoms with E-state index in [9.17, 15) is 9.59 Å². The number of imide groups is 1. The molecule has 4 nitrogen and oxygen atoms in total. The zero-order chi connectivity index (χ0) is 10.1. The smallest absolute Gasteiger partial charge is 0.227 e. The van der Waals surface area contributed by atoms with Gasteiger partial charge in [0.05, 0.1) is 5.01 Å². The van der Waals surface area contributed by atoms with Crippen molar-refractivity contribution in [2.75, 3.05) is 0 Å². The van der Waals surface area contributed by atoms with Gasteiger partial charge in [-0.2, -0.15) is 0 Å². The molecule has 2 heterocycles. The van der Waals surface area contributed by atoms with E-state index in [-0.39, 0.29) is 17.7 Å². The van der Waals surface area contributed by atoms with Crippen LogP contribution in [0.25, 0.3) is 0 Å². The van der Waals surface area contributed by atoms with E-state index in [0.29, 0.717) is 12.8 Å². The zero-order valence-electron chi connectivity index (χ0n) is 7.74. The minimum absolute atomic E-state index is 0.0186. The molecule has 1 aliphatic heterocycles. The van der Waals surface area contributed by atoms with Gasteiger partial charge in [0.25, 0.3) is 0 Å². The van der Waals surface area contributed by atoms with Crippen LogP contribution in [0.4, 0.5) is 0 Å². The maximum atomic E-state index is 11.1. The normalized spacial score (nSPS) is 18.4. The molecule has 1 fully saturated rings. The highest BCUT2D eigenvalue weighted by Gasteiger charge is 2.27. The maximum absolute atomic E-state index is 11.1. The van der Waals surface area contributed by atoms with E-state index in [2.05, 4.69) is 10.3 Å². The predicted octanol–water partition coefficient (Wildman–Crippen LogP) is 0.972. The van der Waals surface area contributed by atoms with Crippen LogP contribution < -0.4 is 5.32 Å². The summed E-state index contributed by atoms with van der Waals surface area (Å²) in [5.74, 6) is -0.409. The van der Waals surface area contributed by atoms with E-state index in [4.69, 9.17) is 0 Å². The number of aromatic nitrogens is 1. The second-order valence-corrected chi connectivity index (χ2v) is 4.29. The van der Waals surface area contributed by atoms with Gasteiger partial charge in [-0.15, -0.1) is 11.3 Å². The molecule has 1 aliphatic rings. The lowest BCUT2D eigenvalue weighted by Crippen LogP contribution is -2.37. The molecule has 2 rings (SSSR count). The Morgan fingerprint density at radius 3 is 2.57 bits per heavy atom. The number of piperidine rings is 1. The van der Waals surface area contributed by atoms with Crippen LogP contribution in [-0.4, -0.2) is 16.8 Å². The predicted molar refractivity (Wildman–Crippen MR) is 52.0 cm³/mol. The van der Waals surface area contributed by atoms with Crippen molar-refractivity contribution in [1.82, 2.24) is 10.3 Å². The number of nitrogens with one attached hydrogen (secondary N) is 1. The molecule has 0 unspecified atom stereocenters. The molecule has 74 valence electrons. The van der Waals surface area contributed by atoms with Crippen molar-refractivity contribution < 1.29 is 9.59 Å². The van der Waals surface area contributed by atoms with Gasteiger partial charge >= 0.3 is 0 Å². The fourth-order valence-corrected chi connectivity index (χ4v) is 2.41. The Morgan fingerprint density at radius 1 is 1.43 bits per heavy atom. The lowest BCUT2D eigenvalue weighted by molar-refractivity contribution is -0.133. The molecule has 0 aliphatic carbocycles. The summed E-state index contributed by atoms with van der Waals surface area (Å²) >= 11 is 1.52. The first kappa shape index (κ1) is 9.33. The van der Waals surface area contributed by atoms with Crippen molar-refractivity contribution in [3.63, 3.8) is 0 Å². The first-order chi connectivity index (χ1) is 6.65. The molecule has 1 N–H and O–H groups in total. The summed E-state index contributed by atoms with van der Waals surface area (Å²) in [7, 11) is 0. The molecular weight excluding hydrogens is 200 g/mol. The van der Waals surface area contributed by atoms with Gasteiger partial charge in [0, 0.05) is 29.8 Å². The zero-order valence-corrected chi connectivity index (χ0v) is 8.56. The minimum Gasteiger partial charge on any atom is -0.296 e. The number of rotatable bonds is 1. The molecule has 0 saturated carbocycles. The Kier molecular flexibility index (Phi) is 2.33. The van der Waals surface area contributed by atoms with Gasteiger partial charge in [-0.3, -0.25) is 14.9 Å². The number of hydrogen-bond acceptors (Lipinski definition) is 4. The highest BCUT2D eigenvalue weighted by molar-refractivity contribution is 7.09. The number of nitrogens with zero attached hydrogens (tertiary/aromatic N) is 1. The van der Waals surface area contributed by atoms with Gasteiger partial charge in [0.15, 0.2) is 0 Å². The maximum Gasteiger partial charge on any atom is 0.227 e. The number of thiazole rings is 1. The number of carbonyl (C=O) groups excluding carboxylic acids is 2. The number of carbonyl (C=O) groups is 2. The molecule has 5 heteroatoms. The number of amides is 2. The summed E-state index contributed by atoms with van der Waals surface area (Å²) in [4.78, 5) is 26.5. The quantitative estimate of drug-likeness (QED) is 0.703. The second kappa shape index (κ2) is 3.49. The van der Waals surface area contributed by atoms with E-state index >= 15 is 0 Å². The van der Waals surface area contributed by atoms with E-state index < -0.39 is 0 Å². The third-order valence-corrected chi connectivity index (χ3v) is 3.25. The monoisotopic (exact) mass is 210 g/mol. The van der Waals surface area contributed by atoms with E-state index in [1.165, 1.54) is 11.3 Å². The molecule has 0 bridgehead atoms. The molecule has 1 aromatic heterocycles. The summed E-state index contributed by atoms with van der Waals surface area (Å²) in [5.41, 5.74) is 0.948. The van der Waals surface area contributed by atoms with Crippen LogP contribution in [-0.2, 0) is 9.59 Å². The largest absolute Gasteiger partial charge is 0.296 e. The van der Waals surface area contributed by atoms with Gasteiger partial charge in [0.1, 0.15) is 0 Å². The van der Waals surface area contributed by atoms with Crippen molar-refractivity contribution in [2.24, 2.45) is 0 Å². The van der Waals surface area contributed by atoms with Gasteiger partial charge < -0.3 is 0 Å². The van der Waals surface area contributed by atoms with Gasteiger partial charge in [-0.1, -0.05) is 0 Å². The fraction of sp³-hybridized carbons (Fsp3) is 0.444. The average molecular weight is 210 g/mol. The summed E-state index contributed by atoms with van der Waals surface area (Å²) in [6.07, 6.45) is 0.747. The van der Waals surface area contributed by atoms with E-state index in [0.717, 1.165) is 10.7 Å². The van der Waals surface area contributed by atoms with Crippen LogP contribution in [0.1, 0.15) is 29.5 Å². The molecule has 0 atom stereocenters. The van der Waals surface area contributed by atoms with Gasteiger partial charge in [-0.25, -0.2) is 4.98 Å². The molecule has 2 amide bonds. The Bertz CT molecular complexity index is 370. The van der Waals surface area contributed by atoms with Crippen LogP contribution in [0.3, 0.4) is 0 Å². The molecule has 0 aromatic carbocycles. The highest BCUT2D eigenvalue weighted by atomic mass is 32.1. The summed E-state index contributed by atoms with van der Waals surface area (Å²) in [6, 6.07) is 0. The van der Waals surface area contributed by atoms with Crippen molar-refractivity contribution in [1.29, 1.82) is 0 Å². The van der Waals surface area contributed by atoms with Crippen LogP contribution in [0.5, 0.6) is 0 Å². The van der Waals surface area contributed by atoms with Crippen LogP contribution in [0, 0.1) is 6.92 Å². The SMILES string of the molecule is Cc1csc(C2CC(=O)NC(=O)C2)n1. The topological polar surface area (TPSA) is 59.1 Å². The second-order valence-electron chi connectivity index (χ2n) is 3.40. The van der Waals surface area contributed by atoms with Crippen LogP contribution in [0.2, 0.25) is 0 Å². The summed E-state index contributed by atoms with van der Waals surface area (Å²) in [5, 5.41) is 5.12. The van der Waals surface area contributed by atoms with Crippen LogP contribution in [0.15, 0.2) is 5.38 Å². The fourth-order valence-electron chi connectivity index (χ4n) is 1.51. The first-order valence-corrected chi connectivity index (χ1v) is 5.28. The van der Waals surface area contributed by atoms with Gasteiger partial charge in [-0.05, 0) is 6.92 Å². The highest BCUT2D eigenvalue weighted by Crippen LogP contribution is 2.28. The summed E-state index contributed by atoms with van der Waals surface area (Å²) in [6.45, 7) is 1.91. The van der Waals surface area contributed by atoms with Crippen molar-refractivity contribution in [2.45, 2.75) is 25.7 Å². The lowest BCUT2D eigenvalue weighted by atomic mass is 9.98. The Balaban J connectivity index is 2.18. The van der Waals surface area contributed by atoms with E-state index in [1.54, 1.807) is 0 Å². The van der Waals surface area contributed by atoms with Crippen molar-refractivity contribution in [3.05, 3.63) is 16.1 Å². The molecular formula is C9H10N2O2S. The summed E-state index contributed by atoms with van der Waals surface area (Å²) < 4.78 is 0. The molecule has 0 spiro atoms. The molecule has 1 saturated heterocycles. The van der Waals surface area contributed by atoms with E-state index in [1.807, 2.05) is 12.3 Å². The van der Waals surface area contributed by atoms with Crippen molar-refractivity contribution in [3.8, 4) is 0 Å². The first-order valence-electron chi connectivity index (χ1n) is 4.40. The average Bonchev–Trinajstić information content (AvgIpc) is 2.50. The lowest BCUT2D eigenvalue weighted by Gasteiger charge is -2.18. The Hall–Kier alpha value is -1.23. The van der Waals surface area contributed by atoms with Crippen molar-refractivity contribution >= 4 is 23.2 Å². The molecule has 0 radical (unpaired) electrons. The van der Waals surface area contributed by atoms with Gasteiger partial charge in [0.2, 0.25) is 11.8 Å². The number of hydrogen-bond donors (Lipinski definition) is 1. The molecule has 14 heavy (non-hydrogen) atoms. The third kappa shape index (κ3) is 1.82. The minimum atomic E-state index is -0.195. The number of aryl methyl sites for hydroxylation is 1.